The Kier molecular flexibility index (Phi) is 6.80. The average molecular weight is 397 g/mol. The molecule has 0 unspecified atom stereocenters. The molecule has 1 aromatic carbocycles. The summed E-state index contributed by atoms with van der Waals surface area (Å²) in [7, 11) is -2.38. The molecule has 0 saturated heterocycles. The minimum absolute atomic E-state index is 0.0354. The molecule has 1 aromatic heterocycles. The van der Waals surface area contributed by atoms with E-state index < -0.39 is 10.0 Å². The second-order valence-corrected chi connectivity index (χ2v) is 8.75. The van der Waals surface area contributed by atoms with Gasteiger partial charge < -0.3 is 9.64 Å². The number of carbonyl (C=O) groups is 1. The van der Waals surface area contributed by atoms with Crippen molar-refractivity contribution in [3.05, 3.63) is 46.2 Å². The number of sulfonamides is 1. The monoisotopic (exact) mass is 396 g/mol. The highest BCUT2D eigenvalue weighted by atomic mass is 32.2. The predicted molar refractivity (Wildman–Crippen MR) is 103 cm³/mol. The summed E-state index contributed by atoms with van der Waals surface area (Å²) in [6.45, 7) is 6.38. The number of methoxy groups -OCH3 is 1. The summed E-state index contributed by atoms with van der Waals surface area (Å²) in [4.78, 5) is 15.6. The van der Waals surface area contributed by atoms with Crippen LogP contribution in [0, 0.1) is 0 Å². The van der Waals surface area contributed by atoms with E-state index in [4.69, 9.17) is 4.74 Å². The minimum Gasteiger partial charge on any atom is -0.495 e. The lowest BCUT2D eigenvalue weighted by molar-refractivity contribution is 0.0754. The Morgan fingerprint density at radius 1 is 1.31 bits per heavy atom. The molecule has 0 radical (unpaired) electrons. The summed E-state index contributed by atoms with van der Waals surface area (Å²) in [6, 6.07) is 8.12. The van der Waals surface area contributed by atoms with E-state index in [1.807, 2.05) is 24.4 Å². The van der Waals surface area contributed by atoms with Gasteiger partial charge in [0.05, 0.1) is 13.7 Å². The van der Waals surface area contributed by atoms with Crippen LogP contribution in [0.2, 0.25) is 0 Å². The van der Waals surface area contributed by atoms with Crippen molar-refractivity contribution < 1.29 is 17.9 Å². The highest BCUT2D eigenvalue weighted by Crippen LogP contribution is 2.26. The quantitative estimate of drug-likeness (QED) is 0.744. The van der Waals surface area contributed by atoms with E-state index in [9.17, 15) is 13.2 Å². The van der Waals surface area contributed by atoms with Crippen LogP contribution in [0.1, 0.15) is 36.0 Å². The minimum atomic E-state index is -3.78. The molecule has 26 heavy (non-hydrogen) atoms. The normalized spacial score (nSPS) is 11.6. The number of hydrogen-bond donors (Lipinski definition) is 1. The summed E-state index contributed by atoms with van der Waals surface area (Å²) < 4.78 is 32.9. The van der Waals surface area contributed by atoms with Gasteiger partial charge in [0.1, 0.15) is 10.6 Å². The largest absolute Gasteiger partial charge is 0.495 e. The summed E-state index contributed by atoms with van der Waals surface area (Å²) in [5.74, 6) is -0.0134. The molecule has 1 N–H and O–H groups in total. The molecular formula is C18H24N2O4S2. The zero-order chi connectivity index (χ0) is 19.3. The van der Waals surface area contributed by atoms with Crippen molar-refractivity contribution in [3.63, 3.8) is 0 Å². The molecule has 142 valence electrons. The standard InChI is InChI=1S/C18H24N2O4S2/c1-5-20(12-15-7-6-10-25-15)18(21)14-8-9-16(24-4)17(11-14)26(22,23)19-13(2)3/h6-11,13,19H,5,12H2,1-4H3. The van der Waals surface area contributed by atoms with Crippen LogP contribution < -0.4 is 9.46 Å². The van der Waals surface area contributed by atoms with Gasteiger partial charge in [-0.2, -0.15) is 0 Å². The molecule has 0 saturated carbocycles. The maximum Gasteiger partial charge on any atom is 0.254 e. The zero-order valence-corrected chi connectivity index (χ0v) is 17.0. The van der Waals surface area contributed by atoms with Crippen LogP contribution in [-0.4, -0.2) is 38.9 Å². The molecule has 0 aliphatic heterocycles. The van der Waals surface area contributed by atoms with Crippen molar-refractivity contribution in [2.24, 2.45) is 0 Å². The van der Waals surface area contributed by atoms with E-state index >= 15 is 0 Å². The molecule has 2 rings (SSSR count). The molecule has 0 aliphatic carbocycles. The molecule has 1 heterocycles. The van der Waals surface area contributed by atoms with Gasteiger partial charge in [-0.1, -0.05) is 6.07 Å². The van der Waals surface area contributed by atoms with Crippen molar-refractivity contribution in [2.45, 2.75) is 38.3 Å². The van der Waals surface area contributed by atoms with Crippen molar-refractivity contribution in [1.82, 2.24) is 9.62 Å². The lowest BCUT2D eigenvalue weighted by Gasteiger charge is -2.21. The first-order valence-electron chi connectivity index (χ1n) is 8.30. The third-order valence-electron chi connectivity index (χ3n) is 3.69. The summed E-state index contributed by atoms with van der Waals surface area (Å²) in [5.41, 5.74) is 0.313. The van der Waals surface area contributed by atoms with Crippen molar-refractivity contribution in [1.29, 1.82) is 0 Å². The van der Waals surface area contributed by atoms with Crippen LogP contribution in [0.3, 0.4) is 0 Å². The van der Waals surface area contributed by atoms with Gasteiger partial charge in [-0.05, 0) is 50.4 Å². The Bertz CT molecular complexity index is 846. The van der Waals surface area contributed by atoms with Crippen molar-refractivity contribution in [2.75, 3.05) is 13.7 Å². The van der Waals surface area contributed by atoms with Gasteiger partial charge in [-0.15, -0.1) is 11.3 Å². The number of nitrogens with zero attached hydrogens (tertiary/aromatic N) is 1. The van der Waals surface area contributed by atoms with E-state index in [1.165, 1.54) is 19.2 Å². The first-order valence-corrected chi connectivity index (χ1v) is 10.7. The fraction of sp³-hybridized carbons (Fsp3) is 0.389. The molecule has 8 heteroatoms. The molecular weight excluding hydrogens is 372 g/mol. The van der Waals surface area contributed by atoms with Gasteiger partial charge >= 0.3 is 0 Å². The van der Waals surface area contributed by atoms with Crippen molar-refractivity contribution >= 4 is 27.3 Å². The first kappa shape index (κ1) is 20.4. The second kappa shape index (κ2) is 8.66. The van der Waals surface area contributed by atoms with Crippen LogP contribution in [0.5, 0.6) is 5.75 Å². The summed E-state index contributed by atoms with van der Waals surface area (Å²) in [5, 5.41) is 1.96. The molecule has 2 aromatic rings. The number of benzene rings is 1. The third-order valence-corrected chi connectivity index (χ3v) is 6.23. The number of thiophene rings is 1. The fourth-order valence-corrected chi connectivity index (χ4v) is 4.66. The smallest absolute Gasteiger partial charge is 0.254 e. The van der Waals surface area contributed by atoms with Gasteiger partial charge in [0.2, 0.25) is 10.0 Å². The van der Waals surface area contributed by atoms with E-state index in [0.717, 1.165) is 4.88 Å². The molecule has 1 amide bonds. The van der Waals surface area contributed by atoms with Crippen LogP contribution in [0.15, 0.2) is 40.6 Å². The van der Waals surface area contributed by atoms with E-state index in [-0.39, 0.29) is 22.6 Å². The number of rotatable bonds is 8. The Labute approximate surface area is 158 Å². The number of carbonyl (C=O) groups excluding carboxylic acids is 1. The first-order chi connectivity index (χ1) is 12.3. The van der Waals surface area contributed by atoms with E-state index in [2.05, 4.69) is 4.72 Å². The summed E-state index contributed by atoms with van der Waals surface area (Å²) in [6.07, 6.45) is 0. The Balaban J connectivity index is 2.37. The maximum atomic E-state index is 12.9. The predicted octanol–water partition coefficient (Wildman–Crippen LogP) is 3.11. The summed E-state index contributed by atoms with van der Waals surface area (Å²) >= 11 is 1.58. The molecule has 0 fully saturated rings. The number of ether oxygens (including phenoxy) is 1. The van der Waals surface area contributed by atoms with Crippen LogP contribution >= 0.6 is 11.3 Å². The van der Waals surface area contributed by atoms with Gasteiger partial charge in [-0.3, -0.25) is 4.79 Å². The van der Waals surface area contributed by atoms with E-state index in [1.54, 1.807) is 36.2 Å². The van der Waals surface area contributed by atoms with E-state index in [0.29, 0.717) is 18.7 Å². The maximum absolute atomic E-state index is 12.9. The Morgan fingerprint density at radius 2 is 2.04 bits per heavy atom. The van der Waals surface area contributed by atoms with Crippen LogP contribution in [0.25, 0.3) is 0 Å². The van der Waals surface area contributed by atoms with Crippen LogP contribution in [-0.2, 0) is 16.6 Å². The SMILES string of the molecule is CCN(Cc1cccs1)C(=O)c1ccc(OC)c(S(=O)(=O)NC(C)C)c1. The molecule has 0 spiro atoms. The zero-order valence-electron chi connectivity index (χ0n) is 15.4. The van der Waals surface area contributed by atoms with Gasteiger partial charge in [-0.25, -0.2) is 13.1 Å². The third kappa shape index (κ3) is 4.84. The number of nitrogens with one attached hydrogen (secondary N) is 1. The lowest BCUT2D eigenvalue weighted by atomic mass is 10.2. The van der Waals surface area contributed by atoms with Gasteiger partial charge in [0.25, 0.3) is 5.91 Å². The average Bonchev–Trinajstić information content (AvgIpc) is 3.10. The van der Waals surface area contributed by atoms with Crippen LogP contribution in [0.4, 0.5) is 0 Å². The highest BCUT2D eigenvalue weighted by molar-refractivity contribution is 7.89. The highest BCUT2D eigenvalue weighted by Gasteiger charge is 2.24. The Hall–Kier alpha value is -1.90. The molecule has 0 aliphatic rings. The lowest BCUT2D eigenvalue weighted by Crippen LogP contribution is -2.32. The molecule has 0 atom stereocenters. The molecule has 0 bridgehead atoms. The molecule has 6 nitrogen and oxygen atoms in total. The Morgan fingerprint density at radius 3 is 2.58 bits per heavy atom. The number of hydrogen-bond acceptors (Lipinski definition) is 5. The van der Waals surface area contributed by atoms with Gasteiger partial charge in [0.15, 0.2) is 0 Å². The fourth-order valence-electron chi connectivity index (χ4n) is 2.49. The number of amides is 1. The topological polar surface area (TPSA) is 75.7 Å². The van der Waals surface area contributed by atoms with Gasteiger partial charge in [0, 0.05) is 23.0 Å². The van der Waals surface area contributed by atoms with Crippen molar-refractivity contribution in [3.8, 4) is 5.75 Å². The second-order valence-electron chi connectivity index (χ2n) is 6.04.